The Labute approximate surface area is 156 Å². The zero-order chi connectivity index (χ0) is 18.1. The van der Waals surface area contributed by atoms with Crippen LogP contribution in [-0.4, -0.2) is 34.7 Å². The van der Waals surface area contributed by atoms with Crippen molar-refractivity contribution in [1.29, 1.82) is 0 Å². The van der Waals surface area contributed by atoms with Crippen LogP contribution in [0.5, 0.6) is 0 Å². The summed E-state index contributed by atoms with van der Waals surface area (Å²) in [6, 6.07) is 0. The van der Waals surface area contributed by atoms with Gasteiger partial charge in [0, 0.05) is 31.4 Å². The van der Waals surface area contributed by atoms with E-state index in [-0.39, 0.29) is 29.3 Å². The molecule has 5 atom stereocenters. The number of aryl methyl sites for hydroxylation is 1. The van der Waals surface area contributed by atoms with Crippen LogP contribution in [0.2, 0.25) is 0 Å². The van der Waals surface area contributed by atoms with Gasteiger partial charge in [-0.15, -0.1) is 0 Å². The average molecular weight is 357 g/mol. The number of aromatic nitrogens is 2. The van der Waals surface area contributed by atoms with Gasteiger partial charge >= 0.3 is 5.97 Å². The Morgan fingerprint density at radius 3 is 3.15 bits per heavy atom. The van der Waals surface area contributed by atoms with Crippen molar-refractivity contribution in [3.8, 4) is 0 Å². The number of nitrogens with one attached hydrogen (secondary N) is 1. The molecule has 2 fully saturated rings. The van der Waals surface area contributed by atoms with E-state index in [9.17, 15) is 4.79 Å². The Bertz CT molecular complexity index is 669. The van der Waals surface area contributed by atoms with E-state index in [1.165, 1.54) is 19.3 Å². The number of imidazole rings is 1. The van der Waals surface area contributed by atoms with Gasteiger partial charge in [-0.2, -0.15) is 0 Å². The van der Waals surface area contributed by atoms with E-state index in [1.54, 1.807) is 11.8 Å². The highest BCUT2D eigenvalue weighted by Crippen LogP contribution is 2.53. The zero-order valence-electron chi connectivity index (χ0n) is 16.0. The van der Waals surface area contributed by atoms with Crippen molar-refractivity contribution in [1.82, 2.24) is 14.9 Å². The third-order valence-electron chi connectivity index (χ3n) is 6.77. The van der Waals surface area contributed by atoms with Gasteiger partial charge in [-0.05, 0) is 43.6 Å². The number of carbonyl (C=O) groups excluding carboxylic acids is 1. The summed E-state index contributed by atoms with van der Waals surface area (Å²) in [5.41, 5.74) is 1.83. The molecule has 1 aromatic rings. The largest absolute Gasteiger partial charge is 0.461 e. The number of allylic oxidation sites excluding steroid dienone is 1. The molecular formula is C21H31N3O2. The van der Waals surface area contributed by atoms with Gasteiger partial charge < -0.3 is 14.6 Å². The maximum Gasteiger partial charge on any atom is 0.311 e. The Kier molecular flexibility index (Phi) is 4.91. The van der Waals surface area contributed by atoms with Crippen LogP contribution in [0, 0.1) is 23.2 Å². The first-order valence-electron chi connectivity index (χ1n) is 10.2. The number of rotatable bonds is 6. The fourth-order valence-corrected chi connectivity index (χ4v) is 5.35. The third-order valence-corrected chi connectivity index (χ3v) is 6.77. The van der Waals surface area contributed by atoms with Gasteiger partial charge in [0.15, 0.2) is 0 Å². The molecule has 0 spiro atoms. The summed E-state index contributed by atoms with van der Waals surface area (Å²) in [6.07, 6.45) is 14.0. The highest BCUT2D eigenvalue weighted by Gasteiger charge is 2.51. The van der Waals surface area contributed by atoms with Crippen molar-refractivity contribution < 1.29 is 9.53 Å². The second-order valence-corrected chi connectivity index (χ2v) is 8.70. The summed E-state index contributed by atoms with van der Waals surface area (Å²) in [5.74, 6) is 0.870. The summed E-state index contributed by atoms with van der Waals surface area (Å²) in [5, 5.41) is 3.48. The van der Waals surface area contributed by atoms with Crippen LogP contribution in [0.15, 0.2) is 30.4 Å². The molecule has 0 unspecified atom stereocenters. The van der Waals surface area contributed by atoms with Crippen molar-refractivity contribution in [2.24, 2.45) is 23.2 Å². The standard InChI is InChI=1S/C21H31N3O2/c1-15-5-3-6-21(2)12-19-16(11-18(15)21)17(20(25)26-19)13-22-7-4-9-24-10-8-23-14-24/h8,10-11,14-17,19,22H,3-7,9,12-13H2,1-2H3/t15-,16+,17-,19+,21+/m0/s1. The first kappa shape index (κ1) is 17.8. The summed E-state index contributed by atoms with van der Waals surface area (Å²) < 4.78 is 7.89. The van der Waals surface area contributed by atoms with Gasteiger partial charge in [0.25, 0.3) is 0 Å². The number of hydrogen-bond donors (Lipinski definition) is 1. The highest BCUT2D eigenvalue weighted by atomic mass is 16.6. The molecule has 5 nitrogen and oxygen atoms in total. The van der Waals surface area contributed by atoms with Crippen LogP contribution in [-0.2, 0) is 16.1 Å². The molecule has 3 aliphatic rings. The number of fused-ring (bicyclic) bond motifs is 2. The minimum Gasteiger partial charge on any atom is -0.461 e. The third kappa shape index (κ3) is 3.34. The van der Waals surface area contributed by atoms with Crippen LogP contribution in [0.25, 0.3) is 0 Å². The minimum absolute atomic E-state index is 0.00569. The second kappa shape index (κ2) is 7.18. The Morgan fingerprint density at radius 2 is 2.35 bits per heavy atom. The molecule has 2 aliphatic carbocycles. The van der Waals surface area contributed by atoms with E-state index in [2.05, 4.69) is 34.8 Å². The lowest BCUT2D eigenvalue weighted by Crippen LogP contribution is -2.40. The van der Waals surface area contributed by atoms with Crippen LogP contribution < -0.4 is 5.32 Å². The molecule has 5 heteroatoms. The predicted octanol–water partition coefficient (Wildman–Crippen LogP) is 3.18. The molecule has 0 radical (unpaired) electrons. The Hall–Kier alpha value is -1.62. The molecule has 0 amide bonds. The molecule has 142 valence electrons. The van der Waals surface area contributed by atoms with Crippen molar-refractivity contribution in [2.75, 3.05) is 13.1 Å². The molecule has 1 saturated heterocycles. The molecular weight excluding hydrogens is 326 g/mol. The molecule has 1 saturated carbocycles. The van der Waals surface area contributed by atoms with Gasteiger partial charge in [-0.3, -0.25) is 4.79 Å². The molecule has 26 heavy (non-hydrogen) atoms. The highest BCUT2D eigenvalue weighted by molar-refractivity contribution is 5.76. The van der Waals surface area contributed by atoms with Crippen molar-refractivity contribution >= 4 is 5.97 Å². The number of ether oxygens (including phenoxy) is 1. The van der Waals surface area contributed by atoms with Crippen molar-refractivity contribution in [2.45, 2.75) is 58.6 Å². The summed E-state index contributed by atoms with van der Waals surface area (Å²) in [6.45, 7) is 7.31. The van der Waals surface area contributed by atoms with Gasteiger partial charge in [-0.1, -0.05) is 31.9 Å². The van der Waals surface area contributed by atoms with Gasteiger partial charge in [0.1, 0.15) is 6.10 Å². The smallest absolute Gasteiger partial charge is 0.311 e. The molecule has 1 aromatic heterocycles. The average Bonchev–Trinajstić information content (AvgIpc) is 3.21. The maximum atomic E-state index is 12.5. The molecule has 0 aromatic carbocycles. The van der Waals surface area contributed by atoms with E-state index >= 15 is 0 Å². The minimum atomic E-state index is -0.0283. The van der Waals surface area contributed by atoms with Crippen LogP contribution in [0.4, 0.5) is 0 Å². The van der Waals surface area contributed by atoms with E-state index in [0.29, 0.717) is 5.92 Å². The number of nitrogens with zero attached hydrogens (tertiary/aromatic N) is 2. The molecule has 2 heterocycles. The number of esters is 1. The van der Waals surface area contributed by atoms with E-state index in [0.717, 1.165) is 32.5 Å². The predicted molar refractivity (Wildman–Crippen MR) is 100 cm³/mol. The Balaban J connectivity index is 1.35. The SMILES string of the molecule is C[C@H]1CCC[C@]2(C)C[C@H]3OC(=O)[C@@H](CNCCCn4ccnc4)[C@H]3C=C12. The lowest BCUT2D eigenvalue weighted by atomic mass is 9.59. The fourth-order valence-electron chi connectivity index (χ4n) is 5.35. The first-order valence-corrected chi connectivity index (χ1v) is 10.2. The maximum absolute atomic E-state index is 12.5. The fraction of sp³-hybridized carbons (Fsp3) is 0.714. The topological polar surface area (TPSA) is 56.1 Å². The van der Waals surface area contributed by atoms with Crippen LogP contribution in [0.3, 0.4) is 0 Å². The quantitative estimate of drug-likeness (QED) is 0.483. The summed E-state index contributed by atoms with van der Waals surface area (Å²) in [7, 11) is 0. The molecule has 4 rings (SSSR count). The van der Waals surface area contributed by atoms with Gasteiger partial charge in [0.2, 0.25) is 0 Å². The van der Waals surface area contributed by atoms with Crippen LogP contribution >= 0.6 is 0 Å². The lowest BCUT2D eigenvalue weighted by molar-refractivity contribution is -0.145. The van der Waals surface area contributed by atoms with Crippen LogP contribution in [0.1, 0.15) is 46.0 Å². The second-order valence-electron chi connectivity index (χ2n) is 8.70. The normalized spacial score (nSPS) is 36.2. The lowest BCUT2D eigenvalue weighted by Gasteiger charge is -2.46. The number of hydrogen-bond acceptors (Lipinski definition) is 4. The van der Waals surface area contributed by atoms with E-state index in [4.69, 9.17) is 4.74 Å². The summed E-state index contributed by atoms with van der Waals surface area (Å²) >= 11 is 0. The van der Waals surface area contributed by atoms with Gasteiger partial charge in [-0.25, -0.2) is 4.98 Å². The number of carbonyl (C=O) groups is 1. The van der Waals surface area contributed by atoms with E-state index in [1.807, 2.05) is 12.5 Å². The van der Waals surface area contributed by atoms with E-state index < -0.39 is 0 Å². The Morgan fingerprint density at radius 1 is 1.46 bits per heavy atom. The molecule has 1 N–H and O–H groups in total. The van der Waals surface area contributed by atoms with Crippen molar-refractivity contribution in [3.63, 3.8) is 0 Å². The zero-order valence-corrected chi connectivity index (χ0v) is 16.0. The van der Waals surface area contributed by atoms with Crippen molar-refractivity contribution in [3.05, 3.63) is 30.4 Å². The monoisotopic (exact) mass is 357 g/mol. The van der Waals surface area contributed by atoms with Gasteiger partial charge in [0.05, 0.1) is 12.2 Å². The summed E-state index contributed by atoms with van der Waals surface area (Å²) in [4.78, 5) is 16.5. The molecule has 0 bridgehead atoms. The molecule has 1 aliphatic heterocycles. The first-order chi connectivity index (χ1) is 12.6.